The third-order valence-corrected chi connectivity index (χ3v) is 7.74. The van der Waals surface area contributed by atoms with Crippen LogP contribution in [0.4, 0.5) is 17.1 Å². The molecule has 8 heteroatoms. The molecule has 0 aliphatic heterocycles. The molecular weight excluding hydrogens is 594 g/mol. The zero-order valence-electron chi connectivity index (χ0n) is 25.4. The molecule has 0 fully saturated rings. The lowest BCUT2D eigenvalue weighted by Gasteiger charge is -2.28. The van der Waals surface area contributed by atoms with E-state index >= 15 is 0 Å². The van der Waals surface area contributed by atoms with Gasteiger partial charge in [-0.3, -0.25) is 9.97 Å². The van der Waals surface area contributed by atoms with Crippen LogP contribution in [0.2, 0.25) is 5.02 Å². The van der Waals surface area contributed by atoms with Crippen LogP contribution in [0.15, 0.2) is 122 Å². The molecule has 0 amide bonds. The highest BCUT2D eigenvalue weighted by atomic mass is 35.5. The summed E-state index contributed by atoms with van der Waals surface area (Å²) in [7, 11) is 0. The van der Waals surface area contributed by atoms with Crippen LogP contribution in [0.3, 0.4) is 0 Å². The number of ether oxygens (including phenoxy) is 2. The number of benzene rings is 4. The summed E-state index contributed by atoms with van der Waals surface area (Å²) >= 11 is 6.64. The quantitative estimate of drug-likeness (QED) is 0.145. The number of rotatable bonds is 12. The molecule has 0 atom stereocenters. The fraction of sp³-hybridized carbons (Fsp3) is 0.132. The van der Waals surface area contributed by atoms with Crippen molar-refractivity contribution in [1.82, 2.24) is 9.97 Å². The molecule has 4 aromatic carbocycles. The molecule has 0 bridgehead atoms. The minimum absolute atomic E-state index is 0.300. The summed E-state index contributed by atoms with van der Waals surface area (Å²) in [5.74, 6) is 1.27. The Labute approximate surface area is 273 Å². The molecule has 1 N–H and O–H groups in total. The lowest BCUT2D eigenvalue weighted by atomic mass is 10.1. The van der Waals surface area contributed by atoms with Gasteiger partial charge in [0.05, 0.1) is 39.8 Å². The first-order valence-corrected chi connectivity index (χ1v) is 15.4. The van der Waals surface area contributed by atoms with Crippen molar-refractivity contribution in [3.63, 3.8) is 0 Å². The summed E-state index contributed by atoms with van der Waals surface area (Å²) in [6.45, 7) is 4.08. The van der Waals surface area contributed by atoms with Crippen LogP contribution in [0.5, 0.6) is 11.5 Å². The molecule has 0 unspecified atom stereocenters. The minimum Gasteiger partial charge on any atom is -0.492 e. The van der Waals surface area contributed by atoms with Gasteiger partial charge in [0.1, 0.15) is 24.2 Å². The highest BCUT2D eigenvalue weighted by molar-refractivity contribution is 6.32. The molecule has 0 radical (unpaired) electrons. The number of nitrogens with one attached hydrogen (secondary N) is 1. The molecule has 0 spiro atoms. The summed E-state index contributed by atoms with van der Waals surface area (Å²) < 4.78 is 12.1. The van der Waals surface area contributed by atoms with Crippen LogP contribution in [0.1, 0.15) is 29.3 Å². The van der Waals surface area contributed by atoms with E-state index in [-0.39, 0.29) is 0 Å². The number of nitriles is 1. The second-order valence-electron chi connectivity index (χ2n) is 10.6. The van der Waals surface area contributed by atoms with Crippen molar-refractivity contribution in [2.24, 2.45) is 0 Å². The Bertz CT molecular complexity index is 1920. The summed E-state index contributed by atoms with van der Waals surface area (Å²) in [5.41, 5.74) is 6.50. The van der Waals surface area contributed by atoms with Gasteiger partial charge in [-0.05, 0) is 54.4 Å². The molecule has 6 aromatic rings. The van der Waals surface area contributed by atoms with Crippen LogP contribution < -0.4 is 19.7 Å². The summed E-state index contributed by atoms with van der Waals surface area (Å²) in [6, 6.07) is 38.2. The number of halogens is 1. The summed E-state index contributed by atoms with van der Waals surface area (Å²) in [4.78, 5) is 11.2. The van der Waals surface area contributed by atoms with E-state index in [0.717, 1.165) is 22.5 Å². The predicted octanol–water partition coefficient (Wildman–Crippen LogP) is 9.08. The molecule has 0 aliphatic rings. The second kappa shape index (κ2) is 14.5. The first kappa shape index (κ1) is 30.4. The van der Waals surface area contributed by atoms with Crippen molar-refractivity contribution in [3.05, 3.63) is 149 Å². The number of hydrogen-bond donors (Lipinski definition) is 1. The number of hydrogen-bond acceptors (Lipinski definition) is 7. The van der Waals surface area contributed by atoms with Crippen LogP contribution in [-0.2, 0) is 19.7 Å². The Balaban J connectivity index is 1.39. The van der Waals surface area contributed by atoms with Crippen molar-refractivity contribution >= 4 is 39.6 Å². The molecule has 0 saturated heterocycles. The Kier molecular flexibility index (Phi) is 9.58. The van der Waals surface area contributed by atoms with Crippen molar-refractivity contribution in [2.75, 3.05) is 16.8 Å². The van der Waals surface area contributed by atoms with Crippen LogP contribution in [0.25, 0.3) is 10.9 Å². The number of aromatic nitrogens is 2. The minimum atomic E-state index is 0.300. The van der Waals surface area contributed by atoms with Crippen LogP contribution >= 0.6 is 11.6 Å². The normalized spacial score (nSPS) is 10.7. The van der Waals surface area contributed by atoms with E-state index in [1.54, 1.807) is 18.5 Å². The van der Waals surface area contributed by atoms with Crippen molar-refractivity contribution in [2.45, 2.75) is 26.6 Å². The highest BCUT2D eigenvalue weighted by Crippen LogP contribution is 2.40. The second-order valence-corrected chi connectivity index (χ2v) is 11.0. The Morgan fingerprint density at radius 1 is 0.804 bits per heavy atom. The Morgan fingerprint density at radius 2 is 1.52 bits per heavy atom. The smallest absolute Gasteiger partial charge is 0.144 e. The number of nitrogens with zero attached hydrogens (tertiary/aromatic N) is 4. The molecule has 0 aliphatic carbocycles. The zero-order valence-corrected chi connectivity index (χ0v) is 26.1. The third-order valence-electron chi connectivity index (χ3n) is 7.45. The highest BCUT2D eigenvalue weighted by Gasteiger charge is 2.19. The van der Waals surface area contributed by atoms with Crippen molar-refractivity contribution < 1.29 is 9.47 Å². The lowest BCUT2D eigenvalue weighted by molar-refractivity contribution is 0.301. The van der Waals surface area contributed by atoms with Gasteiger partial charge >= 0.3 is 0 Å². The number of pyridine rings is 2. The molecule has 46 heavy (non-hydrogen) atoms. The summed E-state index contributed by atoms with van der Waals surface area (Å²) in [6.07, 6.45) is 3.31. The monoisotopic (exact) mass is 625 g/mol. The number of anilines is 3. The third kappa shape index (κ3) is 7.20. The zero-order chi connectivity index (χ0) is 31.7. The predicted molar refractivity (Wildman–Crippen MR) is 184 cm³/mol. The number of fused-ring (bicyclic) bond motifs is 1. The van der Waals surface area contributed by atoms with E-state index in [0.29, 0.717) is 59.5 Å². The van der Waals surface area contributed by atoms with Crippen LogP contribution in [-0.4, -0.2) is 16.6 Å². The van der Waals surface area contributed by atoms with E-state index in [9.17, 15) is 5.26 Å². The van der Waals surface area contributed by atoms with E-state index in [2.05, 4.69) is 56.6 Å². The molecular formula is C38H32ClN5O2. The average molecular weight is 626 g/mol. The maximum Gasteiger partial charge on any atom is 0.144 e. The fourth-order valence-corrected chi connectivity index (χ4v) is 5.49. The molecule has 7 nitrogen and oxygen atoms in total. The van der Waals surface area contributed by atoms with Gasteiger partial charge in [-0.1, -0.05) is 78.3 Å². The van der Waals surface area contributed by atoms with Gasteiger partial charge < -0.3 is 19.7 Å². The standard InChI is InChI=1S/C38H32ClN5O2/c1-2-45-37-21-34-32(20-35(37)44(24-27-11-5-3-6-12-27)25-28-13-7-4-8-14-28)38(29(22-40)23-42-34)43-30-16-17-36(33(39)19-30)46-26-31-15-9-10-18-41-31/h3-21,23H,2,24-26H2,1H3,(H,42,43). The molecule has 2 aromatic heterocycles. The SMILES string of the molecule is CCOc1cc2ncc(C#N)c(Nc3ccc(OCc4ccccn4)c(Cl)c3)c2cc1N(Cc1ccccc1)Cc1ccccc1. The van der Waals surface area contributed by atoms with Gasteiger partial charge in [-0.25, -0.2) is 0 Å². The van der Waals surface area contributed by atoms with Gasteiger partial charge in [0.2, 0.25) is 0 Å². The summed E-state index contributed by atoms with van der Waals surface area (Å²) in [5, 5.41) is 14.8. The van der Waals surface area contributed by atoms with Gasteiger partial charge in [0.15, 0.2) is 0 Å². The van der Waals surface area contributed by atoms with Crippen molar-refractivity contribution in [1.29, 1.82) is 5.26 Å². The molecule has 0 saturated carbocycles. The topological polar surface area (TPSA) is 83.3 Å². The fourth-order valence-electron chi connectivity index (χ4n) is 5.26. The maximum absolute atomic E-state index is 10.1. The van der Waals surface area contributed by atoms with E-state index in [1.807, 2.05) is 79.7 Å². The molecule has 6 rings (SSSR count). The maximum atomic E-state index is 10.1. The van der Waals surface area contributed by atoms with Gasteiger partial charge in [0, 0.05) is 42.6 Å². The van der Waals surface area contributed by atoms with E-state index in [1.165, 1.54) is 11.1 Å². The van der Waals surface area contributed by atoms with Crippen LogP contribution in [0, 0.1) is 11.3 Å². The lowest BCUT2D eigenvalue weighted by Crippen LogP contribution is -2.23. The Morgan fingerprint density at radius 3 is 2.15 bits per heavy atom. The molecule has 2 heterocycles. The molecule has 228 valence electrons. The van der Waals surface area contributed by atoms with Gasteiger partial charge in [-0.15, -0.1) is 0 Å². The van der Waals surface area contributed by atoms with E-state index in [4.69, 9.17) is 21.1 Å². The van der Waals surface area contributed by atoms with E-state index < -0.39 is 0 Å². The van der Waals surface area contributed by atoms with Gasteiger partial charge in [-0.2, -0.15) is 5.26 Å². The average Bonchev–Trinajstić information content (AvgIpc) is 3.09. The Hall–Kier alpha value is -5.58. The largest absolute Gasteiger partial charge is 0.492 e. The first-order valence-electron chi connectivity index (χ1n) is 15.0. The van der Waals surface area contributed by atoms with Gasteiger partial charge in [0.25, 0.3) is 0 Å². The first-order chi connectivity index (χ1) is 22.6. The van der Waals surface area contributed by atoms with Crippen molar-refractivity contribution in [3.8, 4) is 17.6 Å².